The summed E-state index contributed by atoms with van der Waals surface area (Å²) in [6, 6.07) is 14.2. The van der Waals surface area contributed by atoms with E-state index in [-0.39, 0.29) is 5.91 Å². The largest absolute Gasteiger partial charge is 0.452 e. The molecule has 126 valence electrons. The number of nitrogens with zero attached hydrogens (tertiary/aromatic N) is 1. The van der Waals surface area contributed by atoms with E-state index in [1.807, 2.05) is 18.2 Å². The van der Waals surface area contributed by atoms with Crippen LogP contribution in [-0.4, -0.2) is 33.3 Å². The minimum absolute atomic E-state index is 0.211. The Kier molecular flexibility index (Phi) is 5.92. The van der Waals surface area contributed by atoms with Crippen molar-refractivity contribution in [3.63, 3.8) is 0 Å². The van der Waals surface area contributed by atoms with Crippen molar-refractivity contribution < 1.29 is 19.1 Å². The molecule has 6 nitrogen and oxygen atoms in total. The van der Waals surface area contributed by atoms with E-state index in [9.17, 15) is 9.59 Å². The van der Waals surface area contributed by atoms with Crippen LogP contribution in [0.2, 0.25) is 0 Å². The third-order valence-electron chi connectivity index (χ3n) is 3.52. The van der Waals surface area contributed by atoms with Gasteiger partial charge in [0.15, 0.2) is 0 Å². The van der Waals surface area contributed by atoms with Crippen LogP contribution in [0, 0.1) is 0 Å². The number of carbonyl (C=O) groups excluding carboxylic acids is 2. The molecule has 0 aliphatic heterocycles. The van der Waals surface area contributed by atoms with Crippen molar-refractivity contribution in [2.45, 2.75) is 6.61 Å². The second kappa shape index (κ2) is 8.12. The zero-order valence-corrected chi connectivity index (χ0v) is 13.9. The molecular formula is C18H20N2O4. The number of nitrogens with one attached hydrogen (secondary N) is 1. The van der Waals surface area contributed by atoms with Crippen molar-refractivity contribution in [3.05, 3.63) is 59.7 Å². The quantitative estimate of drug-likeness (QED) is 0.914. The molecular weight excluding hydrogens is 308 g/mol. The number of ether oxygens (including phenoxy) is 2. The SMILES string of the molecule is COCc1ccccc1C(=O)Nc1ccc(N(C)C(=O)OC)cc1. The first-order valence-electron chi connectivity index (χ1n) is 7.36. The van der Waals surface area contributed by atoms with Gasteiger partial charge in [-0.05, 0) is 35.9 Å². The van der Waals surface area contributed by atoms with Gasteiger partial charge in [0, 0.05) is 31.1 Å². The molecule has 2 aromatic rings. The Hall–Kier alpha value is -2.86. The molecule has 1 N–H and O–H groups in total. The number of benzene rings is 2. The van der Waals surface area contributed by atoms with E-state index >= 15 is 0 Å². The van der Waals surface area contributed by atoms with Gasteiger partial charge in [-0.1, -0.05) is 18.2 Å². The summed E-state index contributed by atoms with van der Waals surface area (Å²) in [5, 5.41) is 2.84. The van der Waals surface area contributed by atoms with Crippen LogP contribution in [0.15, 0.2) is 48.5 Å². The first-order valence-corrected chi connectivity index (χ1v) is 7.36. The molecule has 2 aromatic carbocycles. The van der Waals surface area contributed by atoms with Crippen LogP contribution in [0.3, 0.4) is 0 Å². The number of hydrogen-bond donors (Lipinski definition) is 1. The lowest BCUT2D eigenvalue weighted by Gasteiger charge is -2.16. The van der Waals surface area contributed by atoms with Crippen molar-refractivity contribution >= 4 is 23.4 Å². The Morgan fingerprint density at radius 1 is 1.04 bits per heavy atom. The summed E-state index contributed by atoms with van der Waals surface area (Å²) >= 11 is 0. The third-order valence-corrected chi connectivity index (χ3v) is 3.52. The van der Waals surface area contributed by atoms with E-state index in [1.165, 1.54) is 12.0 Å². The fourth-order valence-electron chi connectivity index (χ4n) is 2.23. The molecule has 0 aliphatic carbocycles. The number of carbonyl (C=O) groups is 2. The van der Waals surface area contributed by atoms with E-state index in [4.69, 9.17) is 4.74 Å². The summed E-state index contributed by atoms with van der Waals surface area (Å²) in [5.41, 5.74) is 2.68. The highest BCUT2D eigenvalue weighted by Gasteiger charge is 2.13. The summed E-state index contributed by atoms with van der Waals surface area (Å²) in [7, 11) is 4.52. The topological polar surface area (TPSA) is 67.9 Å². The predicted molar refractivity (Wildman–Crippen MR) is 92.4 cm³/mol. The molecule has 0 aromatic heterocycles. The minimum atomic E-state index is -0.458. The monoisotopic (exact) mass is 328 g/mol. The summed E-state index contributed by atoms with van der Waals surface area (Å²) in [6.07, 6.45) is -0.458. The molecule has 0 atom stereocenters. The lowest BCUT2D eigenvalue weighted by atomic mass is 10.1. The zero-order valence-electron chi connectivity index (χ0n) is 13.9. The van der Waals surface area contributed by atoms with Crippen molar-refractivity contribution in [1.29, 1.82) is 0 Å². The molecule has 24 heavy (non-hydrogen) atoms. The summed E-state index contributed by atoms with van der Waals surface area (Å²) in [5.74, 6) is -0.211. The van der Waals surface area contributed by atoms with Gasteiger partial charge in [-0.3, -0.25) is 9.69 Å². The summed E-state index contributed by atoms with van der Waals surface area (Å²) in [4.78, 5) is 25.3. The van der Waals surface area contributed by atoms with Gasteiger partial charge in [-0.25, -0.2) is 4.79 Å². The van der Waals surface area contributed by atoms with Gasteiger partial charge in [0.1, 0.15) is 0 Å². The second-order valence-corrected chi connectivity index (χ2v) is 5.12. The van der Waals surface area contributed by atoms with Crippen LogP contribution >= 0.6 is 0 Å². The number of hydrogen-bond acceptors (Lipinski definition) is 4. The Labute approximate surface area is 141 Å². The number of methoxy groups -OCH3 is 2. The minimum Gasteiger partial charge on any atom is -0.452 e. The summed E-state index contributed by atoms with van der Waals surface area (Å²) < 4.78 is 9.78. The molecule has 0 saturated carbocycles. The van der Waals surface area contributed by atoms with E-state index < -0.39 is 6.09 Å². The molecule has 0 radical (unpaired) electrons. The van der Waals surface area contributed by atoms with E-state index in [0.717, 1.165) is 5.56 Å². The first-order chi connectivity index (χ1) is 11.6. The second-order valence-electron chi connectivity index (χ2n) is 5.12. The molecule has 0 bridgehead atoms. The van der Waals surface area contributed by atoms with E-state index in [0.29, 0.717) is 23.5 Å². The molecule has 2 amide bonds. The van der Waals surface area contributed by atoms with Gasteiger partial charge in [0.25, 0.3) is 5.91 Å². The zero-order chi connectivity index (χ0) is 17.5. The van der Waals surface area contributed by atoms with Gasteiger partial charge < -0.3 is 14.8 Å². The van der Waals surface area contributed by atoms with Crippen molar-refractivity contribution in [3.8, 4) is 0 Å². The smallest absolute Gasteiger partial charge is 0.413 e. The van der Waals surface area contributed by atoms with Crippen LogP contribution in [-0.2, 0) is 16.1 Å². The van der Waals surface area contributed by atoms with Gasteiger partial charge in [-0.2, -0.15) is 0 Å². The van der Waals surface area contributed by atoms with Crippen LogP contribution in [0.1, 0.15) is 15.9 Å². The molecule has 0 heterocycles. The predicted octanol–water partition coefficient (Wildman–Crippen LogP) is 3.29. The number of amides is 2. The van der Waals surface area contributed by atoms with Crippen LogP contribution in [0.25, 0.3) is 0 Å². The fraction of sp³-hybridized carbons (Fsp3) is 0.222. The van der Waals surface area contributed by atoms with Gasteiger partial charge in [0.05, 0.1) is 13.7 Å². The Morgan fingerprint density at radius 3 is 2.33 bits per heavy atom. The van der Waals surface area contributed by atoms with Crippen LogP contribution < -0.4 is 10.2 Å². The average molecular weight is 328 g/mol. The van der Waals surface area contributed by atoms with Gasteiger partial charge >= 0.3 is 6.09 Å². The van der Waals surface area contributed by atoms with E-state index in [1.54, 1.807) is 44.5 Å². The number of rotatable bonds is 5. The van der Waals surface area contributed by atoms with Gasteiger partial charge in [-0.15, -0.1) is 0 Å². The highest BCUT2D eigenvalue weighted by molar-refractivity contribution is 6.05. The number of anilines is 2. The Bertz CT molecular complexity index is 713. The van der Waals surface area contributed by atoms with Crippen LogP contribution in [0.4, 0.5) is 16.2 Å². The van der Waals surface area contributed by atoms with Crippen molar-refractivity contribution in [2.75, 3.05) is 31.5 Å². The molecule has 0 fully saturated rings. The standard InChI is InChI=1S/C18H20N2O4/c1-20(18(22)24-3)15-10-8-14(9-11-15)19-17(21)16-7-5-4-6-13(16)12-23-2/h4-11H,12H2,1-3H3,(H,19,21). The summed E-state index contributed by atoms with van der Waals surface area (Å²) in [6.45, 7) is 0.368. The Morgan fingerprint density at radius 2 is 1.71 bits per heavy atom. The molecule has 0 saturated heterocycles. The lowest BCUT2D eigenvalue weighted by Crippen LogP contribution is -2.25. The maximum atomic E-state index is 12.4. The van der Waals surface area contributed by atoms with Gasteiger partial charge in [0.2, 0.25) is 0 Å². The fourth-order valence-corrected chi connectivity index (χ4v) is 2.23. The first kappa shape index (κ1) is 17.5. The molecule has 0 aliphatic rings. The molecule has 2 rings (SSSR count). The van der Waals surface area contributed by atoms with E-state index in [2.05, 4.69) is 10.1 Å². The highest BCUT2D eigenvalue weighted by Crippen LogP contribution is 2.19. The highest BCUT2D eigenvalue weighted by atomic mass is 16.5. The van der Waals surface area contributed by atoms with Crippen molar-refractivity contribution in [1.82, 2.24) is 0 Å². The molecule has 6 heteroatoms. The normalized spacial score (nSPS) is 10.1. The van der Waals surface area contributed by atoms with Crippen LogP contribution in [0.5, 0.6) is 0 Å². The maximum absolute atomic E-state index is 12.4. The van der Waals surface area contributed by atoms with Crippen molar-refractivity contribution in [2.24, 2.45) is 0 Å². The Balaban J connectivity index is 2.11. The third kappa shape index (κ3) is 4.11. The molecule has 0 spiro atoms. The molecule has 0 unspecified atom stereocenters. The maximum Gasteiger partial charge on any atom is 0.413 e. The average Bonchev–Trinajstić information content (AvgIpc) is 2.61. The lowest BCUT2D eigenvalue weighted by molar-refractivity contribution is 0.102.